The molecule has 27 heavy (non-hydrogen) atoms. The molecule has 8 heteroatoms. The Morgan fingerprint density at radius 3 is 2.63 bits per heavy atom. The molecular formula is C19H26N4O4. The summed E-state index contributed by atoms with van der Waals surface area (Å²) in [6, 6.07) is 5.56. The Kier molecular flexibility index (Phi) is 5.18. The largest absolute Gasteiger partial charge is 0.454 e. The van der Waals surface area contributed by atoms with Gasteiger partial charge in [0, 0.05) is 44.0 Å². The van der Waals surface area contributed by atoms with Gasteiger partial charge in [0.05, 0.1) is 12.6 Å². The lowest BCUT2D eigenvalue weighted by Crippen LogP contribution is -2.54. The fourth-order valence-electron chi connectivity index (χ4n) is 3.40. The van der Waals surface area contributed by atoms with E-state index in [1.165, 1.54) is 0 Å². The number of nitrogens with zero attached hydrogens (tertiary/aromatic N) is 2. The van der Waals surface area contributed by atoms with Crippen LogP contribution in [0.4, 0.5) is 5.69 Å². The molecule has 0 spiro atoms. The van der Waals surface area contributed by atoms with Gasteiger partial charge in [-0.15, -0.1) is 0 Å². The van der Waals surface area contributed by atoms with E-state index in [4.69, 9.17) is 9.47 Å². The van der Waals surface area contributed by atoms with E-state index in [1.54, 1.807) is 12.1 Å². The number of nitrogens with one attached hydrogen (secondary N) is 2. The summed E-state index contributed by atoms with van der Waals surface area (Å²) >= 11 is 0. The zero-order valence-corrected chi connectivity index (χ0v) is 15.6. The number of hydrogen-bond acceptors (Lipinski definition) is 6. The quantitative estimate of drug-likeness (QED) is 0.760. The highest BCUT2D eigenvalue weighted by Gasteiger charge is 2.28. The third-order valence-corrected chi connectivity index (χ3v) is 5.28. The Morgan fingerprint density at radius 1 is 1.15 bits per heavy atom. The Bertz CT molecular complexity index is 714. The number of ether oxygens (including phenoxy) is 2. The summed E-state index contributed by atoms with van der Waals surface area (Å²) < 4.78 is 10.6. The number of rotatable bonds is 6. The molecule has 1 saturated carbocycles. The van der Waals surface area contributed by atoms with Gasteiger partial charge < -0.3 is 20.1 Å². The van der Waals surface area contributed by atoms with Gasteiger partial charge in [-0.1, -0.05) is 0 Å². The first-order valence-electron chi connectivity index (χ1n) is 9.55. The van der Waals surface area contributed by atoms with Crippen molar-refractivity contribution in [1.29, 1.82) is 0 Å². The predicted octanol–water partition coefficient (Wildman–Crippen LogP) is 0.639. The first kappa shape index (κ1) is 18.1. The third-order valence-electron chi connectivity index (χ3n) is 5.28. The maximum Gasteiger partial charge on any atom is 0.241 e. The number of fused-ring (bicyclic) bond motifs is 1. The van der Waals surface area contributed by atoms with Gasteiger partial charge in [0.2, 0.25) is 18.6 Å². The lowest BCUT2D eigenvalue weighted by molar-refractivity contribution is -0.124. The smallest absolute Gasteiger partial charge is 0.241 e. The summed E-state index contributed by atoms with van der Waals surface area (Å²) in [5.41, 5.74) is 0.700. The van der Waals surface area contributed by atoms with Crippen molar-refractivity contribution >= 4 is 17.5 Å². The zero-order chi connectivity index (χ0) is 18.8. The topological polar surface area (TPSA) is 83.1 Å². The van der Waals surface area contributed by atoms with Crippen LogP contribution < -0.4 is 20.1 Å². The Labute approximate surface area is 158 Å². The van der Waals surface area contributed by atoms with Crippen LogP contribution in [0.2, 0.25) is 0 Å². The molecule has 2 N–H and O–H groups in total. The van der Waals surface area contributed by atoms with Crippen LogP contribution >= 0.6 is 0 Å². The minimum absolute atomic E-state index is 0.0474. The molecule has 1 aromatic carbocycles. The minimum Gasteiger partial charge on any atom is -0.454 e. The van der Waals surface area contributed by atoms with Crippen LogP contribution in [0.25, 0.3) is 0 Å². The summed E-state index contributed by atoms with van der Waals surface area (Å²) in [5.74, 6) is 1.41. The van der Waals surface area contributed by atoms with Crippen LogP contribution in [0.1, 0.15) is 19.8 Å². The van der Waals surface area contributed by atoms with Crippen molar-refractivity contribution < 1.29 is 19.1 Å². The maximum atomic E-state index is 12.6. The molecular weight excluding hydrogens is 348 g/mol. The summed E-state index contributed by atoms with van der Waals surface area (Å²) in [5, 5.41) is 5.97. The zero-order valence-electron chi connectivity index (χ0n) is 15.6. The lowest BCUT2D eigenvalue weighted by atomic mass is 10.2. The van der Waals surface area contributed by atoms with Crippen molar-refractivity contribution in [3.8, 4) is 11.5 Å². The Morgan fingerprint density at radius 2 is 1.89 bits per heavy atom. The number of carbonyl (C=O) groups is 2. The van der Waals surface area contributed by atoms with Crippen LogP contribution in [0.3, 0.4) is 0 Å². The number of hydrogen-bond donors (Lipinski definition) is 2. The van der Waals surface area contributed by atoms with Crippen LogP contribution in [0.15, 0.2) is 18.2 Å². The highest BCUT2D eigenvalue weighted by molar-refractivity contribution is 5.94. The van der Waals surface area contributed by atoms with Crippen molar-refractivity contribution in [3.05, 3.63) is 18.2 Å². The second kappa shape index (κ2) is 7.74. The van der Waals surface area contributed by atoms with Crippen LogP contribution in [0, 0.1) is 0 Å². The second-order valence-corrected chi connectivity index (χ2v) is 7.39. The van der Waals surface area contributed by atoms with Crippen molar-refractivity contribution in [2.75, 3.05) is 44.8 Å². The lowest BCUT2D eigenvalue weighted by Gasteiger charge is -2.37. The summed E-state index contributed by atoms with van der Waals surface area (Å²) in [6.07, 6.45) is 2.21. The van der Waals surface area contributed by atoms with Gasteiger partial charge in [-0.05, 0) is 31.9 Å². The normalized spacial score (nSPS) is 20.9. The molecule has 146 valence electrons. The maximum absolute atomic E-state index is 12.6. The van der Waals surface area contributed by atoms with Crippen molar-refractivity contribution in [1.82, 2.24) is 15.1 Å². The van der Waals surface area contributed by atoms with E-state index < -0.39 is 0 Å². The van der Waals surface area contributed by atoms with Gasteiger partial charge in [0.1, 0.15) is 0 Å². The molecule has 1 aromatic rings. The van der Waals surface area contributed by atoms with Crippen molar-refractivity contribution in [2.45, 2.75) is 31.8 Å². The molecule has 8 nitrogen and oxygen atoms in total. The van der Waals surface area contributed by atoms with E-state index in [9.17, 15) is 9.59 Å². The molecule has 1 unspecified atom stereocenters. The molecule has 1 aliphatic carbocycles. The highest BCUT2D eigenvalue weighted by atomic mass is 16.7. The number of benzene rings is 1. The van der Waals surface area contributed by atoms with Crippen LogP contribution in [0.5, 0.6) is 11.5 Å². The Balaban J connectivity index is 1.24. The van der Waals surface area contributed by atoms with E-state index in [0.717, 1.165) is 39.0 Å². The fourth-order valence-corrected chi connectivity index (χ4v) is 3.40. The highest BCUT2D eigenvalue weighted by Crippen LogP contribution is 2.34. The van der Waals surface area contributed by atoms with Gasteiger partial charge in [-0.25, -0.2) is 0 Å². The molecule has 4 rings (SSSR count). The Hall–Kier alpha value is -2.32. The van der Waals surface area contributed by atoms with Crippen LogP contribution in [-0.2, 0) is 9.59 Å². The van der Waals surface area contributed by atoms with Gasteiger partial charge in [0.15, 0.2) is 11.5 Å². The monoisotopic (exact) mass is 374 g/mol. The fraction of sp³-hybridized carbons (Fsp3) is 0.579. The predicted molar refractivity (Wildman–Crippen MR) is 99.8 cm³/mol. The SMILES string of the molecule is CC(C(=O)Nc1ccc2c(c1)OCO2)N1CCN(CC(=O)NC2CC2)CC1. The molecule has 0 aromatic heterocycles. The number of carbonyl (C=O) groups excluding carboxylic acids is 2. The molecule has 2 fully saturated rings. The molecule has 1 atom stereocenters. The summed E-state index contributed by atoms with van der Waals surface area (Å²) in [7, 11) is 0. The molecule has 3 aliphatic rings. The average molecular weight is 374 g/mol. The van der Waals surface area contributed by atoms with E-state index in [2.05, 4.69) is 20.4 Å². The second-order valence-electron chi connectivity index (χ2n) is 7.39. The van der Waals surface area contributed by atoms with E-state index in [1.807, 2.05) is 13.0 Å². The number of piperazine rings is 1. The van der Waals surface area contributed by atoms with Crippen LogP contribution in [-0.4, -0.2) is 73.2 Å². The summed E-state index contributed by atoms with van der Waals surface area (Å²) in [4.78, 5) is 28.8. The molecule has 0 radical (unpaired) electrons. The van der Waals surface area contributed by atoms with Gasteiger partial charge in [-0.3, -0.25) is 19.4 Å². The van der Waals surface area contributed by atoms with E-state index in [-0.39, 0.29) is 24.6 Å². The first-order valence-corrected chi connectivity index (χ1v) is 9.55. The summed E-state index contributed by atoms with van der Waals surface area (Å²) in [6.45, 7) is 5.70. The van der Waals surface area contributed by atoms with Gasteiger partial charge >= 0.3 is 0 Å². The first-order chi connectivity index (χ1) is 13.1. The van der Waals surface area contributed by atoms with Gasteiger partial charge in [0.25, 0.3) is 0 Å². The molecule has 1 saturated heterocycles. The van der Waals surface area contributed by atoms with E-state index in [0.29, 0.717) is 29.8 Å². The van der Waals surface area contributed by atoms with Crippen molar-refractivity contribution in [2.24, 2.45) is 0 Å². The number of amides is 2. The standard InChI is InChI=1S/C19H26N4O4/c1-13(19(25)21-15-4-5-16-17(10-15)27-12-26-16)23-8-6-22(7-9-23)11-18(24)20-14-2-3-14/h4-5,10,13-14H,2-3,6-9,11-12H2,1H3,(H,20,24)(H,21,25). The average Bonchev–Trinajstić information content (AvgIpc) is 3.35. The molecule has 2 amide bonds. The molecule has 2 aliphatic heterocycles. The molecule has 0 bridgehead atoms. The number of anilines is 1. The third kappa shape index (κ3) is 4.51. The molecule has 2 heterocycles. The van der Waals surface area contributed by atoms with E-state index >= 15 is 0 Å². The van der Waals surface area contributed by atoms with Gasteiger partial charge in [-0.2, -0.15) is 0 Å². The van der Waals surface area contributed by atoms with Crippen molar-refractivity contribution in [3.63, 3.8) is 0 Å². The minimum atomic E-state index is -0.238.